The Morgan fingerprint density at radius 1 is 1.04 bits per heavy atom. The number of hydrazone groups is 1. The summed E-state index contributed by atoms with van der Waals surface area (Å²) in [6.45, 7) is 6.53. The van der Waals surface area contributed by atoms with Gasteiger partial charge in [0.1, 0.15) is 11.5 Å². The molecule has 3 N–H and O–H groups in total. The van der Waals surface area contributed by atoms with Gasteiger partial charge in [0.25, 0.3) is 0 Å². The van der Waals surface area contributed by atoms with E-state index in [0.717, 1.165) is 17.1 Å². The first-order valence-electron chi connectivity index (χ1n) is 7.31. The summed E-state index contributed by atoms with van der Waals surface area (Å²) < 4.78 is 5.81. The van der Waals surface area contributed by atoms with Crippen molar-refractivity contribution in [3.05, 3.63) is 59.7 Å². The van der Waals surface area contributed by atoms with Crippen LogP contribution in [0.4, 0.5) is 4.79 Å². The molecule has 0 fully saturated rings. The van der Waals surface area contributed by atoms with Gasteiger partial charge in [-0.25, -0.2) is 10.2 Å². The summed E-state index contributed by atoms with van der Waals surface area (Å²) in [7, 11) is 0. The van der Waals surface area contributed by atoms with Crippen molar-refractivity contribution in [2.24, 2.45) is 10.8 Å². The molecular weight excluding hydrogens is 290 g/mol. The van der Waals surface area contributed by atoms with Crippen LogP contribution in [0.1, 0.15) is 31.9 Å². The van der Waals surface area contributed by atoms with Crippen LogP contribution < -0.4 is 15.9 Å². The lowest BCUT2D eigenvalue weighted by atomic mass is 9.87. The maximum absolute atomic E-state index is 10.5. The predicted molar refractivity (Wildman–Crippen MR) is 92.0 cm³/mol. The van der Waals surface area contributed by atoms with Crippen LogP contribution in [0.3, 0.4) is 0 Å². The summed E-state index contributed by atoms with van der Waals surface area (Å²) in [4.78, 5) is 10.5. The third-order valence-electron chi connectivity index (χ3n) is 3.22. The van der Waals surface area contributed by atoms with Gasteiger partial charge < -0.3 is 10.5 Å². The third-order valence-corrected chi connectivity index (χ3v) is 3.22. The number of nitrogens with zero attached hydrogens (tertiary/aromatic N) is 1. The van der Waals surface area contributed by atoms with Crippen LogP contribution in [-0.2, 0) is 5.41 Å². The van der Waals surface area contributed by atoms with E-state index in [4.69, 9.17) is 10.5 Å². The molecule has 0 bridgehead atoms. The zero-order valence-corrected chi connectivity index (χ0v) is 13.5. The van der Waals surface area contributed by atoms with E-state index >= 15 is 0 Å². The largest absolute Gasteiger partial charge is 0.457 e. The molecule has 0 unspecified atom stereocenters. The second-order valence-electron chi connectivity index (χ2n) is 6.18. The molecule has 0 saturated heterocycles. The number of rotatable bonds is 4. The monoisotopic (exact) mass is 311 g/mol. The molecule has 0 aliphatic carbocycles. The van der Waals surface area contributed by atoms with Crippen LogP contribution >= 0.6 is 0 Å². The highest BCUT2D eigenvalue weighted by molar-refractivity contribution is 5.81. The number of amides is 2. The van der Waals surface area contributed by atoms with E-state index in [0.29, 0.717) is 0 Å². The lowest BCUT2D eigenvalue weighted by Crippen LogP contribution is -2.24. The van der Waals surface area contributed by atoms with Crippen LogP contribution in [0.2, 0.25) is 0 Å². The fraction of sp³-hybridized carbons (Fsp3) is 0.222. The van der Waals surface area contributed by atoms with Crippen LogP contribution in [0.5, 0.6) is 11.5 Å². The van der Waals surface area contributed by atoms with E-state index < -0.39 is 6.03 Å². The molecule has 2 aromatic rings. The van der Waals surface area contributed by atoms with Gasteiger partial charge in [-0.2, -0.15) is 5.10 Å². The molecule has 0 spiro atoms. The molecule has 2 rings (SSSR count). The molecular formula is C18H21N3O2. The Balaban J connectivity index is 2.00. The van der Waals surface area contributed by atoms with Gasteiger partial charge in [-0.1, -0.05) is 32.9 Å². The zero-order valence-electron chi connectivity index (χ0n) is 13.5. The quantitative estimate of drug-likeness (QED) is 0.666. The minimum Gasteiger partial charge on any atom is -0.457 e. The van der Waals surface area contributed by atoms with Gasteiger partial charge >= 0.3 is 6.03 Å². The number of hydrogen-bond acceptors (Lipinski definition) is 3. The lowest BCUT2D eigenvalue weighted by Gasteiger charge is -2.19. The minimum atomic E-state index is -0.695. The van der Waals surface area contributed by atoms with E-state index in [1.807, 2.05) is 36.4 Å². The van der Waals surface area contributed by atoms with Gasteiger partial charge in [0.15, 0.2) is 0 Å². The lowest BCUT2D eigenvalue weighted by molar-refractivity contribution is 0.249. The van der Waals surface area contributed by atoms with Gasteiger partial charge in [0.05, 0.1) is 6.21 Å². The molecule has 23 heavy (non-hydrogen) atoms. The fourth-order valence-electron chi connectivity index (χ4n) is 1.95. The smallest absolute Gasteiger partial charge is 0.332 e. The Kier molecular flexibility index (Phi) is 5.01. The van der Waals surface area contributed by atoms with Crippen molar-refractivity contribution in [3.63, 3.8) is 0 Å². The van der Waals surface area contributed by atoms with Crippen molar-refractivity contribution in [2.45, 2.75) is 26.2 Å². The van der Waals surface area contributed by atoms with Gasteiger partial charge in [-0.05, 0) is 52.9 Å². The van der Waals surface area contributed by atoms with Crippen molar-refractivity contribution >= 4 is 12.2 Å². The SMILES string of the molecule is CC(C)(C)c1ccc(Oc2ccc(/C=N/NC(N)=O)cc2)cc1. The highest BCUT2D eigenvalue weighted by atomic mass is 16.5. The summed E-state index contributed by atoms with van der Waals surface area (Å²) in [5.74, 6) is 1.52. The van der Waals surface area contributed by atoms with E-state index in [-0.39, 0.29) is 5.41 Å². The van der Waals surface area contributed by atoms with Gasteiger partial charge in [-0.15, -0.1) is 0 Å². The number of carbonyl (C=O) groups is 1. The van der Waals surface area contributed by atoms with Crippen LogP contribution in [0, 0.1) is 0 Å². The predicted octanol–water partition coefficient (Wildman–Crippen LogP) is 3.78. The number of primary amides is 1. The molecule has 0 aliphatic heterocycles. The highest BCUT2D eigenvalue weighted by Crippen LogP contribution is 2.26. The number of nitrogens with one attached hydrogen (secondary N) is 1. The molecule has 120 valence electrons. The number of ether oxygens (including phenoxy) is 1. The summed E-state index contributed by atoms with van der Waals surface area (Å²) in [5.41, 5.74) is 9.28. The molecule has 0 saturated carbocycles. The van der Waals surface area contributed by atoms with Crippen molar-refractivity contribution in [1.82, 2.24) is 5.43 Å². The number of hydrogen-bond donors (Lipinski definition) is 2. The molecule has 2 amide bonds. The fourth-order valence-corrected chi connectivity index (χ4v) is 1.95. The van der Waals surface area contributed by atoms with Gasteiger partial charge in [-0.3, -0.25) is 0 Å². The number of nitrogens with two attached hydrogens (primary N) is 1. The Labute approximate surface area is 136 Å². The second kappa shape index (κ2) is 6.96. The molecule has 2 aromatic carbocycles. The van der Waals surface area contributed by atoms with E-state index in [1.54, 1.807) is 0 Å². The first kappa shape index (κ1) is 16.5. The molecule has 0 aromatic heterocycles. The Hall–Kier alpha value is -2.82. The minimum absolute atomic E-state index is 0.123. The molecule has 5 heteroatoms. The summed E-state index contributed by atoms with van der Waals surface area (Å²) in [6, 6.07) is 14.7. The molecule has 5 nitrogen and oxygen atoms in total. The Morgan fingerprint density at radius 2 is 1.57 bits per heavy atom. The van der Waals surface area contributed by atoms with E-state index in [1.165, 1.54) is 11.8 Å². The van der Waals surface area contributed by atoms with Crippen molar-refractivity contribution in [3.8, 4) is 11.5 Å². The molecule has 0 heterocycles. The van der Waals surface area contributed by atoms with E-state index in [2.05, 4.69) is 43.4 Å². The maximum Gasteiger partial charge on any atom is 0.332 e. The second-order valence-corrected chi connectivity index (χ2v) is 6.18. The number of benzene rings is 2. The first-order chi connectivity index (χ1) is 10.8. The normalized spacial score (nSPS) is 11.4. The van der Waals surface area contributed by atoms with Crippen LogP contribution in [0.15, 0.2) is 53.6 Å². The summed E-state index contributed by atoms with van der Waals surface area (Å²) >= 11 is 0. The van der Waals surface area contributed by atoms with Crippen molar-refractivity contribution in [2.75, 3.05) is 0 Å². The summed E-state index contributed by atoms with van der Waals surface area (Å²) in [6.07, 6.45) is 1.51. The molecule has 0 radical (unpaired) electrons. The standard InChI is InChI=1S/C18H21N3O2/c1-18(2,3)14-6-10-16(11-7-14)23-15-8-4-13(5-9-15)12-20-21-17(19)22/h4-12H,1-3H3,(H3,19,21,22)/b20-12+. The number of urea groups is 1. The first-order valence-corrected chi connectivity index (χ1v) is 7.31. The van der Waals surface area contributed by atoms with Crippen molar-refractivity contribution in [1.29, 1.82) is 0 Å². The molecule has 0 aliphatic rings. The van der Waals surface area contributed by atoms with Crippen LogP contribution in [0.25, 0.3) is 0 Å². The Morgan fingerprint density at radius 3 is 2.04 bits per heavy atom. The van der Waals surface area contributed by atoms with Crippen molar-refractivity contribution < 1.29 is 9.53 Å². The highest BCUT2D eigenvalue weighted by Gasteiger charge is 2.13. The maximum atomic E-state index is 10.5. The zero-order chi connectivity index (χ0) is 16.9. The summed E-state index contributed by atoms with van der Waals surface area (Å²) in [5, 5.41) is 3.70. The van der Waals surface area contributed by atoms with Gasteiger partial charge in [0, 0.05) is 0 Å². The average molecular weight is 311 g/mol. The topological polar surface area (TPSA) is 76.7 Å². The Bertz CT molecular complexity index is 684. The average Bonchev–Trinajstić information content (AvgIpc) is 2.48. The third kappa shape index (κ3) is 5.14. The van der Waals surface area contributed by atoms with Crippen LogP contribution in [-0.4, -0.2) is 12.2 Å². The molecule has 0 atom stereocenters. The number of carbonyl (C=O) groups excluding carboxylic acids is 1. The van der Waals surface area contributed by atoms with E-state index in [9.17, 15) is 4.79 Å². The van der Waals surface area contributed by atoms with Gasteiger partial charge in [0.2, 0.25) is 0 Å².